The van der Waals surface area contributed by atoms with E-state index in [1.807, 2.05) is 0 Å². The minimum atomic E-state index is -0.162. The standard InChI is InChI=1S/C11H12Cl2N2O2S/c1-17-9(16)5-11(2-3-11)6-18-7-4-8(12)14-15-10(7)13/h4H,2-3,5-6H2,1H3. The van der Waals surface area contributed by atoms with Gasteiger partial charge in [-0.15, -0.1) is 22.0 Å². The van der Waals surface area contributed by atoms with Crippen molar-refractivity contribution in [3.05, 3.63) is 16.4 Å². The van der Waals surface area contributed by atoms with Crippen molar-refractivity contribution in [3.63, 3.8) is 0 Å². The molecule has 0 N–H and O–H groups in total. The Hall–Kier alpha value is -0.520. The highest BCUT2D eigenvalue weighted by Gasteiger charge is 2.44. The Morgan fingerprint density at radius 1 is 1.50 bits per heavy atom. The lowest BCUT2D eigenvalue weighted by Crippen LogP contribution is -2.13. The first-order valence-electron chi connectivity index (χ1n) is 5.43. The normalized spacial score (nSPS) is 16.4. The molecule has 98 valence electrons. The van der Waals surface area contributed by atoms with Gasteiger partial charge in [0.15, 0.2) is 10.3 Å². The zero-order valence-electron chi connectivity index (χ0n) is 9.78. The SMILES string of the molecule is COC(=O)CC1(CSc2cc(Cl)nnc2Cl)CC1. The van der Waals surface area contributed by atoms with Gasteiger partial charge in [0.2, 0.25) is 0 Å². The highest BCUT2D eigenvalue weighted by atomic mass is 35.5. The van der Waals surface area contributed by atoms with Gasteiger partial charge < -0.3 is 4.74 Å². The largest absolute Gasteiger partial charge is 0.469 e. The zero-order chi connectivity index (χ0) is 13.2. The maximum Gasteiger partial charge on any atom is 0.306 e. The summed E-state index contributed by atoms with van der Waals surface area (Å²) in [5.74, 6) is 0.647. The van der Waals surface area contributed by atoms with E-state index in [0.717, 1.165) is 23.5 Å². The van der Waals surface area contributed by atoms with E-state index in [2.05, 4.69) is 10.2 Å². The van der Waals surface area contributed by atoms with Gasteiger partial charge in [-0.25, -0.2) is 0 Å². The number of esters is 1. The van der Waals surface area contributed by atoms with Gasteiger partial charge in [-0.05, 0) is 24.3 Å². The number of hydrogen-bond acceptors (Lipinski definition) is 5. The molecule has 1 fully saturated rings. The molecule has 1 aromatic heterocycles. The summed E-state index contributed by atoms with van der Waals surface area (Å²) < 4.78 is 4.70. The lowest BCUT2D eigenvalue weighted by Gasteiger charge is -2.13. The van der Waals surface area contributed by atoms with E-state index in [9.17, 15) is 4.79 Å². The molecule has 0 bridgehead atoms. The van der Waals surface area contributed by atoms with Crippen LogP contribution in [0.25, 0.3) is 0 Å². The number of carbonyl (C=O) groups is 1. The fourth-order valence-electron chi connectivity index (χ4n) is 1.60. The second kappa shape index (κ2) is 5.63. The van der Waals surface area contributed by atoms with Crippen molar-refractivity contribution >= 4 is 40.9 Å². The zero-order valence-corrected chi connectivity index (χ0v) is 12.1. The Balaban J connectivity index is 1.95. The summed E-state index contributed by atoms with van der Waals surface area (Å²) in [6.45, 7) is 0. The second-order valence-corrected chi connectivity index (χ2v) is 6.13. The van der Waals surface area contributed by atoms with E-state index in [1.165, 1.54) is 7.11 Å². The Kier molecular flexibility index (Phi) is 4.35. The first kappa shape index (κ1) is 13.9. The molecule has 0 radical (unpaired) electrons. The van der Waals surface area contributed by atoms with Gasteiger partial charge in [-0.2, -0.15) is 0 Å². The summed E-state index contributed by atoms with van der Waals surface area (Å²) in [4.78, 5) is 12.1. The summed E-state index contributed by atoms with van der Waals surface area (Å²) >= 11 is 13.3. The maximum atomic E-state index is 11.3. The number of thioether (sulfide) groups is 1. The molecule has 0 aliphatic heterocycles. The number of halogens is 2. The van der Waals surface area contributed by atoms with E-state index >= 15 is 0 Å². The van der Waals surface area contributed by atoms with Gasteiger partial charge >= 0.3 is 5.97 Å². The molecular formula is C11H12Cl2N2O2S. The number of rotatable bonds is 5. The van der Waals surface area contributed by atoms with Crippen LogP contribution in [-0.4, -0.2) is 29.0 Å². The Morgan fingerprint density at radius 3 is 2.83 bits per heavy atom. The third-order valence-corrected chi connectivity index (χ3v) is 4.88. The van der Waals surface area contributed by atoms with Gasteiger partial charge in [0.05, 0.1) is 13.5 Å². The van der Waals surface area contributed by atoms with E-state index in [4.69, 9.17) is 27.9 Å². The highest BCUT2D eigenvalue weighted by molar-refractivity contribution is 7.99. The topological polar surface area (TPSA) is 52.1 Å². The fraction of sp³-hybridized carbons (Fsp3) is 0.545. The van der Waals surface area contributed by atoms with Crippen LogP contribution in [0.3, 0.4) is 0 Å². The Morgan fingerprint density at radius 2 is 2.22 bits per heavy atom. The summed E-state index contributed by atoms with van der Waals surface area (Å²) in [5, 5.41) is 8.07. The number of methoxy groups -OCH3 is 1. The van der Waals surface area contributed by atoms with Crippen LogP contribution >= 0.6 is 35.0 Å². The summed E-state index contributed by atoms with van der Waals surface area (Å²) in [6, 6.07) is 1.69. The molecule has 4 nitrogen and oxygen atoms in total. The highest BCUT2D eigenvalue weighted by Crippen LogP contribution is 2.52. The van der Waals surface area contributed by atoms with Gasteiger partial charge in [-0.3, -0.25) is 4.79 Å². The van der Waals surface area contributed by atoms with Crippen molar-refractivity contribution in [1.82, 2.24) is 10.2 Å². The van der Waals surface area contributed by atoms with Gasteiger partial charge in [0, 0.05) is 10.6 Å². The van der Waals surface area contributed by atoms with Crippen molar-refractivity contribution in [2.24, 2.45) is 5.41 Å². The predicted octanol–water partition coefficient (Wildman–Crippen LogP) is 3.22. The molecule has 0 unspecified atom stereocenters. The van der Waals surface area contributed by atoms with Crippen LogP contribution in [0.15, 0.2) is 11.0 Å². The number of nitrogens with zero attached hydrogens (tertiary/aromatic N) is 2. The Bertz CT molecular complexity index is 466. The van der Waals surface area contributed by atoms with Crippen molar-refractivity contribution in [1.29, 1.82) is 0 Å². The van der Waals surface area contributed by atoms with Crippen LogP contribution in [0.1, 0.15) is 19.3 Å². The van der Waals surface area contributed by atoms with Gasteiger partial charge in [0.1, 0.15) is 0 Å². The first-order valence-corrected chi connectivity index (χ1v) is 7.17. The molecular weight excluding hydrogens is 295 g/mol. The smallest absolute Gasteiger partial charge is 0.306 e. The second-order valence-electron chi connectivity index (χ2n) is 4.36. The molecule has 0 amide bonds. The van der Waals surface area contributed by atoms with Crippen LogP contribution in [-0.2, 0) is 9.53 Å². The maximum absolute atomic E-state index is 11.3. The average Bonchev–Trinajstić information content (AvgIpc) is 3.10. The molecule has 0 spiro atoms. The molecule has 1 saturated carbocycles. The molecule has 1 heterocycles. The van der Waals surface area contributed by atoms with Crippen molar-refractivity contribution in [2.45, 2.75) is 24.2 Å². The van der Waals surface area contributed by atoms with Crippen LogP contribution < -0.4 is 0 Å². The summed E-state index contributed by atoms with van der Waals surface area (Å²) in [6.07, 6.45) is 2.54. The molecule has 0 saturated heterocycles. The quantitative estimate of drug-likeness (QED) is 0.617. The van der Waals surface area contributed by atoms with Gasteiger partial charge in [-0.1, -0.05) is 23.2 Å². The van der Waals surface area contributed by atoms with E-state index < -0.39 is 0 Å². The van der Waals surface area contributed by atoms with E-state index in [1.54, 1.807) is 17.8 Å². The number of hydrogen-bond donors (Lipinski definition) is 0. The molecule has 7 heteroatoms. The molecule has 0 aromatic carbocycles. The summed E-state index contributed by atoms with van der Waals surface area (Å²) in [7, 11) is 1.41. The lowest BCUT2D eigenvalue weighted by atomic mass is 10.1. The summed E-state index contributed by atoms with van der Waals surface area (Å²) in [5.41, 5.74) is 0.0524. The first-order chi connectivity index (χ1) is 8.54. The molecule has 18 heavy (non-hydrogen) atoms. The monoisotopic (exact) mass is 306 g/mol. The third-order valence-electron chi connectivity index (χ3n) is 2.92. The van der Waals surface area contributed by atoms with Crippen molar-refractivity contribution in [3.8, 4) is 0 Å². The van der Waals surface area contributed by atoms with Crippen LogP contribution in [0.4, 0.5) is 0 Å². The van der Waals surface area contributed by atoms with E-state index in [-0.39, 0.29) is 11.4 Å². The van der Waals surface area contributed by atoms with Crippen LogP contribution in [0.2, 0.25) is 10.3 Å². The Labute approximate surface area is 119 Å². The molecule has 0 atom stereocenters. The van der Waals surface area contributed by atoms with Crippen LogP contribution in [0, 0.1) is 5.41 Å². The fourth-order valence-corrected chi connectivity index (χ4v) is 3.27. The minimum Gasteiger partial charge on any atom is -0.469 e. The minimum absolute atomic E-state index is 0.0524. The van der Waals surface area contributed by atoms with Crippen molar-refractivity contribution < 1.29 is 9.53 Å². The predicted molar refractivity (Wildman–Crippen MR) is 71.1 cm³/mol. The number of aromatic nitrogens is 2. The van der Waals surface area contributed by atoms with Crippen molar-refractivity contribution in [2.75, 3.05) is 12.9 Å². The molecule has 1 aliphatic carbocycles. The molecule has 1 aromatic rings. The third kappa shape index (κ3) is 3.49. The number of carbonyl (C=O) groups excluding carboxylic acids is 1. The molecule has 2 rings (SSSR count). The van der Waals surface area contributed by atoms with Gasteiger partial charge in [0.25, 0.3) is 0 Å². The van der Waals surface area contributed by atoms with E-state index in [0.29, 0.717) is 16.7 Å². The molecule has 1 aliphatic rings. The number of ether oxygens (including phenoxy) is 1. The average molecular weight is 307 g/mol. The lowest BCUT2D eigenvalue weighted by molar-refractivity contribution is -0.141. The van der Waals surface area contributed by atoms with Crippen LogP contribution in [0.5, 0.6) is 0 Å².